The molecule has 0 saturated heterocycles. The van der Waals surface area contributed by atoms with E-state index < -0.39 is 34.5 Å². The number of hydrogen-bond donors (Lipinski definition) is 0. The monoisotopic (exact) mass is 258 g/mol. The van der Waals surface area contributed by atoms with E-state index >= 15 is 0 Å². The highest BCUT2D eigenvalue weighted by Gasteiger charge is 2.39. The van der Waals surface area contributed by atoms with Crippen molar-refractivity contribution < 1.29 is 22.0 Å². The number of rotatable bonds is 2. The molecule has 94 valence electrons. The number of benzene rings is 2. The predicted molar refractivity (Wildman–Crippen MR) is 55.8 cm³/mol. The summed E-state index contributed by atoms with van der Waals surface area (Å²) in [6.07, 6.45) is 0. The molecule has 2 aromatic carbocycles. The third-order valence-electron chi connectivity index (χ3n) is 2.48. The van der Waals surface area contributed by atoms with Crippen LogP contribution in [-0.2, 0) is 5.92 Å². The van der Waals surface area contributed by atoms with Crippen molar-refractivity contribution in [1.29, 1.82) is 0 Å². The molecule has 0 heterocycles. The standard InChI is InChI=1S/C13H7F5/c14-8-5-6-10(12(16)7-8)13(17,18)9-3-1-2-4-11(9)15/h1-7H. The van der Waals surface area contributed by atoms with Crippen molar-refractivity contribution in [2.45, 2.75) is 5.92 Å². The molecular weight excluding hydrogens is 251 g/mol. The molecule has 0 aliphatic rings. The molecule has 0 N–H and O–H groups in total. The maximum Gasteiger partial charge on any atom is 0.304 e. The second-order valence-corrected chi connectivity index (χ2v) is 3.68. The average molecular weight is 258 g/mol. The molecule has 5 heteroatoms. The normalized spacial score (nSPS) is 11.6. The van der Waals surface area contributed by atoms with Gasteiger partial charge < -0.3 is 0 Å². The Balaban J connectivity index is 2.58. The lowest BCUT2D eigenvalue weighted by Crippen LogP contribution is -2.19. The largest absolute Gasteiger partial charge is 0.304 e. The zero-order chi connectivity index (χ0) is 13.3. The van der Waals surface area contributed by atoms with Gasteiger partial charge in [0, 0.05) is 6.07 Å². The minimum absolute atomic E-state index is 0.337. The molecule has 0 aliphatic heterocycles. The highest BCUT2D eigenvalue weighted by Crippen LogP contribution is 2.38. The molecule has 2 rings (SSSR count). The lowest BCUT2D eigenvalue weighted by Gasteiger charge is -2.18. The van der Waals surface area contributed by atoms with Crippen molar-refractivity contribution in [2.24, 2.45) is 0 Å². The Labute approximate surface area is 99.7 Å². The van der Waals surface area contributed by atoms with E-state index in [2.05, 4.69) is 0 Å². The van der Waals surface area contributed by atoms with Crippen LogP contribution in [0.3, 0.4) is 0 Å². The first kappa shape index (κ1) is 12.5. The van der Waals surface area contributed by atoms with Crippen LogP contribution < -0.4 is 0 Å². The van der Waals surface area contributed by atoms with Gasteiger partial charge >= 0.3 is 5.92 Å². The van der Waals surface area contributed by atoms with E-state index in [1.165, 1.54) is 12.1 Å². The lowest BCUT2D eigenvalue weighted by molar-refractivity contribution is 0.0349. The van der Waals surface area contributed by atoms with Gasteiger partial charge in [0.2, 0.25) is 0 Å². The van der Waals surface area contributed by atoms with Gasteiger partial charge in [0.25, 0.3) is 0 Å². The Morgan fingerprint density at radius 2 is 1.33 bits per heavy atom. The molecule has 2 aromatic rings. The fourth-order valence-electron chi connectivity index (χ4n) is 1.61. The van der Waals surface area contributed by atoms with E-state index in [9.17, 15) is 22.0 Å². The predicted octanol–water partition coefficient (Wildman–Crippen LogP) is 4.24. The van der Waals surface area contributed by atoms with E-state index in [1.807, 2.05) is 0 Å². The molecule has 18 heavy (non-hydrogen) atoms. The van der Waals surface area contributed by atoms with Gasteiger partial charge in [-0.15, -0.1) is 0 Å². The summed E-state index contributed by atoms with van der Waals surface area (Å²) in [5.41, 5.74) is -2.01. The highest BCUT2D eigenvalue weighted by atomic mass is 19.3. The third-order valence-corrected chi connectivity index (χ3v) is 2.48. The molecule has 0 nitrogen and oxygen atoms in total. The summed E-state index contributed by atoms with van der Waals surface area (Å²) >= 11 is 0. The lowest BCUT2D eigenvalue weighted by atomic mass is 9.99. The summed E-state index contributed by atoms with van der Waals surface area (Å²) in [5.74, 6) is -7.39. The summed E-state index contributed by atoms with van der Waals surface area (Å²) in [7, 11) is 0. The minimum Gasteiger partial charge on any atom is -0.207 e. The first-order valence-corrected chi connectivity index (χ1v) is 5.01. The number of hydrogen-bond acceptors (Lipinski definition) is 0. The molecule has 0 radical (unpaired) electrons. The summed E-state index contributed by atoms with van der Waals surface area (Å²) in [4.78, 5) is 0. The molecule has 0 amide bonds. The molecular formula is C13H7F5. The van der Waals surface area contributed by atoms with Gasteiger partial charge in [0.15, 0.2) is 0 Å². The molecule has 0 bridgehead atoms. The van der Waals surface area contributed by atoms with Gasteiger partial charge in [-0.05, 0) is 24.3 Å². The fourth-order valence-corrected chi connectivity index (χ4v) is 1.61. The van der Waals surface area contributed by atoms with Crippen LogP contribution in [0.15, 0.2) is 42.5 Å². The van der Waals surface area contributed by atoms with Crippen molar-refractivity contribution in [3.8, 4) is 0 Å². The van der Waals surface area contributed by atoms with Gasteiger partial charge in [-0.2, -0.15) is 8.78 Å². The quantitative estimate of drug-likeness (QED) is 0.706. The van der Waals surface area contributed by atoms with Crippen LogP contribution in [0.1, 0.15) is 11.1 Å². The van der Waals surface area contributed by atoms with E-state index in [0.29, 0.717) is 18.2 Å². The Kier molecular flexibility index (Phi) is 3.07. The highest BCUT2D eigenvalue weighted by molar-refractivity contribution is 5.35. The first-order valence-electron chi connectivity index (χ1n) is 5.01. The van der Waals surface area contributed by atoms with Crippen molar-refractivity contribution >= 4 is 0 Å². The number of halogens is 5. The Bertz CT molecular complexity index is 577. The molecule has 0 spiro atoms. The molecule has 0 aliphatic carbocycles. The van der Waals surface area contributed by atoms with Crippen LogP contribution in [0.2, 0.25) is 0 Å². The van der Waals surface area contributed by atoms with Gasteiger partial charge in [0.1, 0.15) is 17.5 Å². The van der Waals surface area contributed by atoms with Gasteiger partial charge in [-0.25, -0.2) is 13.2 Å². The summed E-state index contributed by atoms with van der Waals surface area (Å²) in [5, 5.41) is 0. The van der Waals surface area contributed by atoms with Crippen LogP contribution in [0.5, 0.6) is 0 Å². The van der Waals surface area contributed by atoms with Crippen molar-refractivity contribution in [3.63, 3.8) is 0 Å². The first-order chi connectivity index (χ1) is 8.43. The van der Waals surface area contributed by atoms with Gasteiger partial charge in [-0.1, -0.05) is 12.1 Å². The maximum absolute atomic E-state index is 13.9. The number of alkyl halides is 2. The zero-order valence-electron chi connectivity index (χ0n) is 8.93. The Morgan fingerprint density at radius 1 is 0.722 bits per heavy atom. The topological polar surface area (TPSA) is 0 Å². The second-order valence-electron chi connectivity index (χ2n) is 3.68. The molecule has 0 saturated carbocycles. The Morgan fingerprint density at radius 3 is 1.94 bits per heavy atom. The van der Waals surface area contributed by atoms with Gasteiger partial charge in [0.05, 0.1) is 11.1 Å². The van der Waals surface area contributed by atoms with Crippen LogP contribution in [0.25, 0.3) is 0 Å². The van der Waals surface area contributed by atoms with Crippen molar-refractivity contribution in [1.82, 2.24) is 0 Å². The van der Waals surface area contributed by atoms with E-state index in [0.717, 1.165) is 12.1 Å². The Hall–Kier alpha value is -1.91. The molecule has 0 unspecified atom stereocenters. The van der Waals surface area contributed by atoms with Crippen LogP contribution >= 0.6 is 0 Å². The average Bonchev–Trinajstić information content (AvgIpc) is 2.28. The van der Waals surface area contributed by atoms with E-state index in [4.69, 9.17) is 0 Å². The summed E-state index contributed by atoms with van der Waals surface area (Å²) in [6, 6.07) is 5.82. The second kappa shape index (κ2) is 4.40. The molecule has 0 aromatic heterocycles. The zero-order valence-corrected chi connectivity index (χ0v) is 8.93. The SMILES string of the molecule is Fc1ccc(C(F)(F)c2ccccc2F)c(F)c1. The minimum atomic E-state index is -3.86. The summed E-state index contributed by atoms with van der Waals surface area (Å²) in [6.45, 7) is 0. The van der Waals surface area contributed by atoms with Crippen molar-refractivity contribution in [2.75, 3.05) is 0 Å². The van der Waals surface area contributed by atoms with E-state index in [-0.39, 0.29) is 0 Å². The third kappa shape index (κ3) is 2.08. The maximum atomic E-state index is 13.9. The van der Waals surface area contributed by atoms with Crippen LogP contribution in [-0.4, -0.2) is 0 Å². The van der Waals surface area contributed by atoms with Gasteiger partial charge in [-0.3, -0.25) is 0 Å². The van der Waals surface area contributed by atoms with Crippen molar-refractivity contribution in [3.05, 3.63) is 71.0 Å². The van der Waals surface area contributed by atoms with Crippen LogP contribution in [0, 0.1) is 17.5 Å². The van der Waals surface area contributed by atoms with E-state index in [1.54, 1.807) is 0 Å². The molecule has 0 fully saturated rings. The molecule has 0 atom stereocenters. The fraction of sp³-hybridized carbons (Fsp3) is 0.0769. The van der Waals surface area contributed by atoms with Crippen LogP contribution in [0.4, 0.5) is 22.0 Å². The smallest absolute Gasteiger partial charge is 0.207 e. The summed E-state index contributed by atoms with van der Waals surface area (Å²) < 4.78 is 67.2.